The van der Waals surface area contributed by atoms with Crippen molar-refractivity contribution in [2.45, 2.75) is 25.3 Å². The number of hydrogen-bond donors (Lipinski definition) is 1. The first-order chi connectivity index (χ1) is 10.3. The fourth-order valence-corrected chi connectivity index (χ4v) is 2.57. The molecule has 1 aromatic carbocycles. The van der Waals surface area contributed by atoms with E-state index in [-0.39, 0.29) is 5.75 Å². The minimum absolute atomic E-state index is 0.130. The van der Waals surface area contributed by atoms with Crippen molar-refractivity contribution < 1.29 is 26.7 Å². The summed E-state index contributed by atoms with van der Waals surface area (Å²) >= 11 is 0. The first-order valence-electron chi connectivity index (χ1n) is 6.91. The fraction of sp³-hybridized carbons (Fsp3) is 0.571. The highest BCUT2D eigenvalue weighted by Gasteiger charge is 2.36. The summed E-state index contributed by atoms with van der Waals surface area (Å²) in [5.74, 6) is -0.130. The number of alkyl halides is 5. The lowest BCUT2D eigenvalue weighted by atomic mass is 10.0. The van der Waals surface area contributed by atoms with Crippen molar-refractivity contribution in [2.24, 2.45) is 0 Å². The van der Waals surface area contributed by atoms with E-state index in [0.29, 0.717) is 31.7 Å². The molecule has 1 atom stereocenters. The Kier molecular flexibility index (Phi) is 5.57. The van der Waals surface area contributed by atoms with E-state index < -0.39 is 25.3 Å². The molecule has 1 fully saturated rings. The van der Waals surface area contributed by atoms with Crippen LogP contribution in [0.4, 0.5) is 22.0 Å². The summed E-state index contributed by atoms with van der Waals surface area (Å²) in [5.41, 5.74) is 0.331. The third kappa shape index (κ3) is 5.10. The van der Waals surface area contributed by atoms with E-state index >= 15 is 0 Å². The second kappa shape index (κ2) is 7.23. The van der Waals surface area contributed by atoms with Gasteiger partial charge in [-0.3, -0.25) is 4.90 Å². The van der Waals surface area contributed by atoms with Gasteiger partial charge in [0.2, 0.25) is 0 Å². The molecule has 1 N–H and O–H groups in total. The van der Waals surface area contributed by atoms with Crippen LogP contribution in [0, 0.1) is 0 Å². The molecule has 0 aromatic heterocycles. The van der Waals surface area contributed by atoms with E-state index in [1.165, 1.54) is 24.3 Å². The Morgan fingerprint density at radius 2 is 1.86 bits per heavy atom. The van der Waals surface area contributed by atoms with Gasteiger partial charge in [0.15, 0.2) is 0 Å². The summed E-state index contributed by atoms with van der Waals surface area (Å²) in [6.07, 6.45) is -5.36. The SMILES string of the molecule is FC(F)Oc1cccc([C@H](CC(F)(F)F)N2CCNCC2)c1. The number of rotatable bonds is 5. The van der Waals surface area contributed by atoms with Crippen LogP contribution in [0.15, 0.2) is 24.3 Å². The van der Waals surface area contributed by atoms with Crippen LogP contribution in [0.25, 0.3) is 0 Å². The lowest BCUT2D eigenvalue weighted by Gasteiger charge is -2.35. The highest BCUT2D eigenvalue weighted by molar-refractivity contribution is 5.31. The van der Waals surface area contributed by atoms with Crippen LogP contribution in [-0.4, -0.2) is 43.9 Å². The molecule has 0 spiro atoms. The lowest BCUT2D eigenvalue weighted by Crippen LogP contribution is -2.46. The number of piperazine rings is 1. The zero-order chi connectivity index (χ0) is 16.2. The Hall–Kier alpha value is -1.41. The summed E-state index contributed by atoms with van der Waals surface area (Å²) in [6.45, 7) is -0.861. The molecule has 22 heavy (non-hydrogen) atoms. The molecule has 1 aliphatic heterocycles. The van der Waals surface area contributed by atoms with Gasteiger partial charge in [-0.2, -0.15) is 22.0 Å². The maximum atomic E-state index is 12.9. The van der Waals surface area contributed by atoms with Crippen molar-refractivity contribution in [3.05, 3.63) is 29.8 Å². The molecule has 1 aromatic rings. The molecule has 1 saturated heterocycles. The van der Waals surface area contributed by atoms with Gasteiger partial charge in [-0.25, -0.2) is 0 Å². The van der Waals surface area contributed by atoms with Crippen LogP contribution in [0.1, 0.15) is 18.0 Å². The van der Waals surface area contributed by atoms with E-state index in [1.807, 2.05) is 0 Å². The highest BCUT2D eigenvalue weighted by atomic mass is 19.4. The standard InChI is InChI=1S/C14H17F5N2O/c15-13(16)22-11-3-1-2-10(8-11)12(9-14(17,18)19)21-6-4-20-5-7-21/h1-3,8,12-13,20H,4-7,9H2/t12-/m0/s1. The molecule has 0 radical (unpaired) electrons. The molecular weight excluding hydrogens is 307 g/mol. The topological polar surface area (TPSA) is 24.5 Å². The number of halogens is 5. The van der Waals surface area contributed by atoms with Crippen molar-refractivity contribution in [1.82, 2.24) is 10.2 Å². The number of nitrogens with one attached hydrogen (secondary N) is 1. The molecular formula is C14H17F5N2O. The minimum Gasteiger partial charge on any atom is -0.435 e. The fourth-order valence-electron chi connectivity index (χ4n) is 2.57. The highest BCUT2D eigenvalue weighted by Crippen LogP contribution is 2.35. The second-order valence-corrected chi connectivity index (χ2v) is 5.07. The molecule has 2 rings (SSSR count). The molecule has 1 aliphatic rings. The molecule has 0 saturated carbocycles. The normalized spacial score (nSPS) is 18.5. The Morgan fingerprint density at radius 1 is 1.18 bits per heavy atom. The summed E-state index contributed by atoms with van der Waals surface area (Å²) in [7, 11) is 0. The van der Waals surface area contributed by atoms with Crippen LogP contribution >= 0.6 is 0 Å². The Bertz CT molecular complexity index is 475. The van der Waals surface area contributed by atoms with E-state index in [9.17, 15) is 22.0 Å². The lowest BCUT2D eigenvalue weighted by molar-refractivity contribution is -0.148. The number of nitrogens with zero attached hydrogens (tertiary/aromatic N) is 1. The molecule has 0 aliphatic carbocycles. The molecule has 3 nitrogen and oxygen atoms in total. The second-order valence-electron chi connectivity index (χ2n) is 5.07. The van der Waals surface area contributed by atoms with Gasteiger partial charge in [0.05, 0.1) is 6.42 Å². The summed E-state index contributed by atoms with van der Waals surface area (Å²) in [4.78, 5) is 1.71. The summed E-state index contributed by atoms with van der Waals surface area (Å²) in [6, 6.07) is 4.60. The van der Waals surface area contributed by atoms with Gasteiger partial charge >= 0.3 is 12.8 Å². The predicted molar refractivity (Wildman–Crippen MR) is 70.9 cm³/mol. The number of hydrogen-bond acceptors (Lipinski definition) is 3. The molecule has 0 bridgehead atoms. The average molecular weight is 324 g/mol. The maximum absolute atomic E-state index is 12.9. The van der Waals surface area contributed by atoms with Crippen LogP contribution in [-0.2, 0) is 0 Å². The first-order valence-corrected chi connectivity index (χ1v) is 6.91. The monoisotopic (exact) mass is 324 g/mol. The third-order valence-electron chi connectivity index (χ3n) is 3.49. The van der Waals surface area contributed by atoms with Gasteiger partial charge in [0, 0.05) is 32.2 Å². The molecule has 0 amide bonds. The quantitative estimate of drug-likeness (QED) is 0.842. The molecule has 0 unspecified atom stereocenters. The zero-order valence-corrected chi connectivity index (χ0v) is 11.7. The third-order valence-corrected chi connectivity index (χ3v) is 3.49. The molecule has 8 heteroatoms. The maximum Gasteiger partial charge on any atom is 0.390 e. The van der Waals surface area contributed by atoms with E-state index in [4.69, 9.17) is 0 Å². The van der Waals surface area contributed by atoms with Gasteiger partial charge in [-0.15, -0.1) is 0 Å². The van der Waals surface area contributed by atoms with E-state index in [0.717, 1.165) is 0 Å². The number of ether oxygens (including phenoxy) is 1. The van der Waals surface area contributed by atoms with Crippen molar-refractivity contribution in [3.63, 3.8) is 0 Å². The predicted octanol–water partition coefficient (Wildman–Crippen LogP) is 3.19. The van der Waals surface area contributed by atoms with Crippen LogP contribution in [0.5, 0.6) is 5.75 Å². The molecule has 1 heterocycles. The average Bonchev–Trinajstić information content (AvgIpc) is 2.44. The van der Waals surface area contributed by atoms with Gasteiger partial charge in [0.1, 0.15) is 5.75 Å². The van der Waals surface area contributed by atoms with E-state index in [1.54, 1.807) is 4.90 Å². The molecule has 124 valence electrons. The van der Waals surface area contributed by atoms with Crippen LogP contribution in [0.3, 0.4) is 0 Å². The van der Waals surface area contributed by atoms with Crippen molar-refractivity contribution in [2.75, 3.05) is 26.2 Å². The van der Waals surface area contributed by atoms with Crippen molar-refractivity contribution in [1.29, 1.82) is 0 Å². The van der Waals surface area contributed by atoms with Gasteiger partial charge in [0.25, 0.3) is 0 Å². The number of benzene rings is 1. The Labute approximate surface area is 125 Å². The van der Waals surface area contributed by atoms with Crippen LogP contribution in [0.2, 0.25) is 0 Å². The Balaban J connectivity index is 2.23. The van der Waals surface area contributed by atoms with E-state index in [2.05, 4.69) is 10.1 Å². The largest absolute Gasteiger partial charge is 0.435 e. The van der Waals surface area contributed by atoms with Crippen molar-refractivity contribution >= 4 is 0 Å². The van der Waals surface area contributed by atoms with Crippen LogP contribution < -0.4 is 10.1 Å². The summed E-state index contributed by atoms with van der Waals surface area (Å²) < 4.78 is 67.4. The van der Waals surface area contributed by atoms with Crippen molar-refractivity contribution in [3.8, 4) is 5.75 Å². The Morgan fingerprint density at radius 3 is 2.45 bits per heavy atom. The van der Waals surface area contributed by atoms with Gasteiger partial charge in [-0.05, 0) is 17.7 Å². The smallest absolute Gasteiger partial charge is 0.390 e. The van der Waals surface area contributed by atoms with Gasteiger partial charge in [-0.1, -0.05) is 12.1 Å². The first kappa shape index (κ1) is 17.0. The van der Waals surface area contributed by atoms with Gasteiger partial charge < -0.3 is 10.1 Å². The summed E-state index contributed by atoms with van der Waals surface area (Å²) in [5, 5.41) is 3.07. The minimum atomic E-state index is -4.34. The zero-order valence-electron chi connectivity index (χ0n) is 11.7.